The van der Waals surface area contributed by atoms with E-state index < -0.39 is 23.0 Å². The summed E-state index contributed by atoms with van der Waals surface area (Å²) in [5, 5.41) is 10.8. The van der Waals surface area contributed by atoms with Gasteiger partial charge in [-0.25, -0.2) is 9.59 Å². The molecule has 1 aromatic rings. The van der Waals surface area contributed by atoms with Crippen molar-refractivity contribution < 1.29 is 24.0 Å². The Bertz CT molecular complexity index is 582. The summed E-state index contributed by atoms with van der Waals surface area (Å²) < 4.78 is 9.89. The molecule has 1 aliphatic heterocycles. The molecule has 0 bridgehead atoms. The maximum Gasteiger partial charge on any atom is 0.347 e. The fraction of sp³-hybridized carbons (Fsp3) is 0.385. The molecule has 1 fully saturated rings. The minimum absolute atomic E-state index is 0.0367. The third-order valence-electron chi connectivity index (χ3n) is 3.02. The molecule has 7 nitrogen and oxygen atoms in total. The first-order chi connectivity index (χ1) is 9.38. The molecule has 2 rings (SSSR count). The maximum absolute atomic E-state index is 11.9. The lowest BCUT2D eigenvalue weighted by atomic mass is 10.1. The second-order valence-electron chi connectivity index (χ2n) is 4.64. The van der Waals surface area contributed by atoms with Gasteiger partial charge in [-0.3, -0.25) is 10.1 Å². The SMILES string of the molecule is Cc1ccc(C(=O)O[C@H]2C[C@@H](C)OC2=O)cc1[N+](=O)[O-]. The summed E-state index contributed by atoms with van der Waals surface area (Å²) in [6, 6.07) is 4.03. The summed E-state index contributed by atoms with van der Waals surface area (Å²) in [5.41, 5.74) is 0.317. The van der Waals surface area contributed by atoms with Crippen LogP contribution < -0.4 is 0 Å². The molecular weight excluding hydrogens is 266 g/mol. The zero-order valence-electron chi connectivity index (χ0n) is 11.0. The molecule has 0 amide bonds. The van der Waals surface area contributed by atoms with Gasteiger partial charge < -0.3 is 9.47 Å². The Labute approximate surface area is 114 Å². The first kappa shape index (κ1) is 14.0. The average molecular weight is 279 g/mol. The van der Waals surface area contributed by atoms with Crippen molar-refractivity contribution in [1.82, 2.24) is 0 Å². The average Bonchev–Trinajstić information content (AvgIpc) is 2.67. The molecule has 1 saturated heterocycles. The van der Waals surface area contributed by atoms with E-state index in [4.69, 9.17) is 9.47 Å². The number of cyclic esters (lactones) is 1. The van der Waals surface area contributed by atoms with E-state index in [-0.39, 0.29) is 17.4 Å². The van der Waals surface area contributed by atoms with Gasteiger partial charge in [-0.15, -0.1) is 0 Å². The number of esters is 2. The standard InChI is InChI=1S/C13H13NO6/c1-7-3-4-9(6-10(7)14(17)18)12(15)20-11-5-8(2)19-13(11)16/h3-4,6,8,11H,5H2,1-2H3/t8-,11+/m1/s1. The molecule has 1 heterocycles. The van der Waals surface area contributed by atoms with Crippen molar-refractivity contribution in [3.8, 4) is 0 Å². The van der Waals surface area contributed by atoms with Gasteiger partial charge in [0.15, 0.2) is 0 Å². The third kappa shape index (κ3) is 2.76. The minimum Gasteiger partial charge on any atom is -0.460 e. The zero-order chi connectivity index (χ0) is 14.9. The molecule has 0 saturated carbocycles. The van der Waals surface area contributed by atoms with Gasteiger partial charge in [0, 0.05) is 18.1 Å². The van der Waals surface area contributed by atoms with Crippen molar-refractivity contribution in [1.29, 1.82) is 0 Å². The Morgan fingerprint density at radius 2 is 2.20 bits per heavy atom. The van der Waals surface area contributed by atoms with E-state index >= 15 is 0 Å². The first-order valence-electron chi connectivity index (χ1n) is 6.05. The molecular formula is C13H13NO6. The van der Waals surface area contributed by atoms with Crippen molar-refractivity contribution in [2.24, 2.45) is 0 Å². The highest BCUT2D eigenvalue weighted by Gasteiger charge is 2.35. The zero-order valence-corrected chi connectivity index (χ0v) is 11.0. The number of nitro benzene ring substituents is 1. The van der Waals surface area contributed by atoms with Gasteiger partial charge in [0.25, 0.3) is 5.69 Å². The lowest BCUT2D eigenvalue weighted by Gasteiger charge is -2.08. The maximum atomic E-state index is 11.9. The van der Waals surface area contributed by atoms with E-state index in [0.29, 0.717) is 12.0 Å². The van der Waals surface area contributed by atoms with Gasteiger partial charge in [-0.05, 0) is 19.9 Å². The molecule has 0 unspecified atom stereocenters. The van der Waals surface area contributed by atoms with Crippen LogP contribution in [-0.2, 0) is 14.3 Å². The molecule has 0 spiro atoms. The van der Waals surface area contributed by atoms with Crippen LogP contribution in [0.5, 0.6) is 0 Å². The minimum atomic E-state index is -0.946. The van der Waals surface area contributed by atoms with Gasteiger partial charge in [0.05, 0.1) is 10.5 Å². The number of hydrogen-bond donors (Lipinski definition) is 0. The van der Waals surface area contributed by atoms with E-state index in [1.54, 1.807) is 13.8 Å². The lowest BCUT2D eigenvalue weighted by Crippen LogP contribution is -2.22. The summed E-state index contributed by atoms with van der Waals surface area (Å²) in [7, 11) is 0. The Balaban J connectivity index is 2.16. The van der Waals surface area contributed by atoms with Crippen LogP contribution >= 0.6 is 0 Å². The largest absolute Gasteiger partial charge is 0.460 e. The van der Waals surface area contributed by atoms with Crippen LogP contribution in [0.1, 0.15) is 29.3 Å². The second kappa shape index (κ2) is 5.28. The Morgan fingerprint density at radius 1 is 1.50 bits per heavy atom. The summed E-state index contributed by atoms with van der Waals surface area (Å²) in [5.74, 6) is -1.36. The van der Waals surface area contributed by atoms with E-state index in [1.807, 2.05) is 0 Å². The van der Waals surface area contributed by atoms with E-state index in [0.717, 1.165) is 6.07 Å². The fourth-order valence-electron chi connectivity index (χ4n) is 1.95. The first-order valence-corrected chi connectivity index (χ1v) is 6.05. The number of ether oxygens (including phenoxy) is 2. The monoisotopic (exact) mass is 279 g/mol. The number of carbonyl (C=O) groups excluding carboxylic acids is 2. The third-order valence-corrected chi connectivity index (χ3v) is 3.02. The fourth-order valence-corrected chi connectivity index (χ4v) is 1.95. The summed E-state index contributed by atoms with van der Waals surface area (Å²) >= 11 is 0. The number of nitrogens with zero attached hydrogens (tertiary/aromatic N) is 1. The van der Waals surface area contributed by atoms with Gasteiger partial charge in [-0.2, -0.15) is 0 Å². The number of aryl methyl sites for hydroxylation is 1. The summed E-state index contributed by atoms with van der Waals surface area (Å²) in [4.78, 5) is 33.5. The highest BCUT2D eigenvalue weighted by Crippen LogP contribution is 2.22. The van der Waals surface area contributed by atoms with Crippen LogP contribution in [0.15, 0.2) is 18.2 Å². The van der Waals surface area contributed by atoms with Crippen LogP contribution in [0, 0.1) is 17.0 Å². The van der Waals surface area contributed by atoms with Crippen molar-refractivity contribution in [2.45, 2.75) is 32.5 Å². The molecule has 1 aromatic carbocycles. The Hall–Kier alpha value is -2.44. The molecule has 0 radical (unpaired) electrons. The van der Waals surface area contributed by atoms with Crippen molar-refractivity contribution in [3.05, 3.63) is 39.4 Å². The van der Waals surface area contributed by atoms with Gasteiger partial charge in [-0.1, -0.05) is 6.07 Å². The molecule has 106 valence electrons. The molecule has 1 aliphatic rings. The normalized spacial score (nSPS) is 21.4. The van der Waals surface area contributed by atoms with Crippen molar-refractivity contribution >= 4 is 17.6 Å². The van der Waals surface area contributed by atoms with E-state index in [1.165, 1.54) is 12.1 Å². The highest BCUT2D eigenvalue weighted by atomic mass is 16.6. The van der Waals surface area contributed by atoms with Crippen LogP contribution in [-0.4, -0.2) is 29.1 Å². The van der Waals surface area contributed by atoms with Crippen LogP contribution in [0.2, 0.25) is 0 Å². The van der Waals surface area contributed by atoms with Crippen LogP contribution in [0.25, 0.3) is 0 Å². The number of benzene rings is 1. The number of nitro groups is 1. The smallest absolute Gasteiger partial charge is 0.347 e. The Kier molecular flexibility index (Phi) is 3.69. The van der Waals surface area contributed by atoms with Crippen molar-refractivity contribution in [2.75, 3.05) is 0 Å². The highest BCUT2D eigenvalue weighted by molar-refractivity contribution is 5.92. The second-order valence-corrected chi connectivity index (χ2v) is 4.64. The Morgan fingerprint density at radius 3 is 2.75 bits per heavy atom. The molecule has 7 heteroatoms. The summed E-state index contributed by atoms with van der Waals surface area (Å²) in [6.45, 7) is 3.27. The van der Waals surface area contributed by atoms with Gasteiger partial charge >= 0.3 is 11.9 Å². The summed E-state index contributed by atoms with van der Waals surface area (Å²) in [6.07, 6.45) is -0.955. The topological polar surface area (TPSA) is 95.7 Å². The molecule has 2 atom stereocenters. The molecule has 0 aromatic heterocycles. The number of hydrogen-bond acceptors (Lipinski definition) is 6. The van der Waals surface area contributed by atoms with E-state index in [9.17, 15) is 19.7 Å². The van der Waals surface area contributed by atoms with Gasteiger partial charge in [0.1, 0.15) is 6.10 Å². The molecule has 0 N–H and O–H groups in total. The van der Waals surface area contributed by atoms with Crippen molar-refractivity contribution in [3.63, 3.8) is 0 Å². The molecule has 0 aliphatic carbocycles. The predicted molar refractivity (Wildman–Crippen MR) is 67.2 cm³/mol. The lowest BCUT2D eigenvalue weighted by molar-refractivity contribution is -0.385. The van der Waals surface area contributed by atoms with Crippen LogP contribution in [0.3, 0.4) is 0 Å². The van der Waals surface area contributed by atoms with Crippen LogP contribution in [0.4, 0.5) is 5.69 Å². The van der Waals surface area contributed by atoms with Gasteiger partial charge in [0.2, 0.25) is 6.10 Å². The van der Waals surface area contributed by atoms with E-state index in [2.05, 4.69) is 0 Å². The quantitative estimate of drug-likeness (QED) is 0.475. The molecule has 20 heavy (non-hydrogen) atoms. The number of rotatable bonds is 3. The number of carbonyl (C=O) groups is 2. The predicted octanol–water partition coefficient (Wildman–Crippen LogP) is 1.76.